The molecule has 7 heteroatoms. The number of nitrogens with zero attached hydrogens (tertiary/aromatic N) is 2. The molecule has 0 aliphatic heterocycles. The topological polar surface area (TPSA) is 84.1 Å². The number of aromatic nitrogens is 1. The molecular formula is C21H17N3O3S. The molecule has 6 nitrogen and oxygen atoms in total. The predicted molar refractivity (Wildman–Crippen MR) is 109 cm³/mol. The highest BCUT2D eigenvalue weighted by Gasteiger charge is 2.16. The van der Waals surface area contributed by atoms with Crippen LogP contribution in [0.2, 0.25) is 0 Å². The third-order valence-corrected chi connectivity index (χ3v) is 5.14. The molecule has 0 saturated carbocycles. The van der Waals surface area contributed by atoms with Crippen molar-refractivity contribution in [3.8, 4) is 17.5 Å². The first-order chi connectivity index (χ1) is 13.6. The molecule has 0 unspecified atom stereocenters. The number of carbonyl (C=O) groups is 1. The Bertz CT molecular complexity index is 1230. The number of thiazole rings is 1. The van der Waals surface area contributed by atoms with Gasteiger partial charge in [0.2, 0.25) is 0 Å². The van der Waals surface area contributed by atoms with E-state index in [9.17, 15) is 14.9 Å². The minimum Gasteiger partial charge on any atom is -0.496 e. The summed E-state index contributed by atoms with van der Waals surface area (Å²) in [6.45, 7) is 0. The number of amides is 1. The highest BCUT2D eigenvalue weighted by molar-refractivity contribution is 7.07. The molecule has 2 aromatic carbocycles. The fraction of sp³-hybridized carbons (Fsp3) is 0.0952. The summed E-state index contributed by atoms with van der Waals surface area (Å²) in [5.74, 6) is 0.0798. The standard InChI is InChI=1S/C21H17N3O3S/c1-23-19(25)16(13-22)21-24(15-9-4-3-5-10-15)20(26)18(28-21)12-14-8-6-7-11-17(14)27-2/h3-12H,1-2H3,(H,23,25)/b18-12+,21-16-. The highest BCUT2D eigenvalue weighted by Crippen LogP contribution is 2.17. The molecule has 0 aliphatic rings. The van der Waals surface area contributed by atoms with E-state index in [0.717, 1.165) is 16.9 Å². The lowest BCUT2D eigenvalue weighted by atomic mass is 10.2. The highest BCUT2D eigenvalue weighted by atomic mass is 32.1. The van der Waals surface area contributed by atoms with Crippen LogP contribution in [0.1, 0.15) is 5.56 Å². The van der Waals surface area contributed by atoms with E-state index in [4.69, 9.17) is 4.74 Å². The fourth-order valence-corrected chi connectivity index (χ4v) is 3.80. The summed E-state index contributed by atoms with van der Waals surface area (Å²) >= 11 is 1.09. The van der Waals surface area contributed by atoms with E-state index in [1.54, 1.807) is 43.5 Å². The van der Waals surface area contributed by atoms with Crippen molar-refractivity contribution < 1.29 is 9.53 Å². The second-order valence-electron chi connectivity index (χ2n) is 5.70. The second kappa shape index (κ2) is 8.37. The molecule has 0 fully saturated rings. The van der Waals surface area contributed by atoms with Crippen molar-refractivity contribution in [1.82, 2.24) is 9.88 Å². The first kappa shape index (κ1) is 19.1. The van der Waals surface area contributed by atoms with Gasteiger partial charge in [-0.15, -0.1) is 11.3 Å². The van der Waals surface area contributed by atoms with Gasteiger partial charge in [-0.1, -0.05) is 36.4 Å². The monoisotopic (exact) mass is 391 g/mol. The molecule has 0 radical (unpaired) electrons. The van der Waals surface area contributed by atoms with Crippen molar-refractivity contribution in [2.45, 2.75) is 0 Å². The smallest absolute Gasteiger partial charge is 0.273 e. The lowest BCUT2D eigenvalue weighted by Crippen LogP contribution is -2.33. The zero-order valence-corrected chi connectivity index (χ0v) is 16.1. The van der Waals surface area contributed by atoms with E-state index in [1.807, 2.05) is 30.3 Å². The summed E-state index contributed by atoms with van der Waals surface area (Å²) in [5.41, 5.74) is 0.880. The van der Waals surface area contributed by atoms with Crippen LogP contribution in [0.15, 0.2) is 59.4 Å². The second-order valence-corrected chi connectivity index (χ2v) is 6.73. The number of nitriles is 1. The van der Waals surface area contributed by atoms with Crippen molar-refractivity contribution >= 4 is 28.9 Å². The Labute approximate surface area is 165 Å². The van der Waals surface area contributed by atoms with E-state index in [1.165, 1.54) is 11.6 Å². The van der Waals surface area contributed by atoms with Crippen LogP contribution in [-0.4, -0.2) is 24.6 Å². The van der Waals surface area contributed by atoms with Crippen molar-refractivity contribution in [2.75, 3.05) is 14.2 Å². The van der Waals surface area contributed by atoms with Gasteiger partial charge >= 0.3 is 0 Å². The first-order valence-electron chi connectivity index (χ1n) is 8.39. The quantitative estimate of drug-likeness (QED) is 0.723. The van der Waals surface area contributed by atoms with Gasteiger partial charge in [0, 0.05) is 12.6 Å². The van der Waals surface area contributed by atoms with Crippen LogP contribution in [0.25, 0.3) is 17.3 Å². The number of ether oxygens (including phenoxy) is 1. The van der Waals surface area contributed by atoms with Crippen LogP contribution in [0, 0.1) is 11.3 Å². The molecule has 140 valence electrons. The van der Waals surface area contributed by atoms with E-state index in [0.29, 0.717) is 16.0 Å². The first-order valence-corrected chi connectivity index (χ1v) is 9.21. The summed E-state index contributed by atoms with van der Waals surface area (Å²) in [5, 5.41) is 12.0. The molecule has 0 spiro atoms. The zero-order chi connectivity index (χ0) is 20.1. The van der Waals surface area contributed by atoms with Crippen molar-refractivity contribution in [3.63, 3.8) is 0 Å². The zero-order valence-electron chi connectivity index (χ0n) is 15.3. The molecule has 0 aliphatic carbocycles. The van der Waals surface area contributed by atoms with E-state index < -0.39 is 5.91 Å². The van der Waals surface area contributed by atoms with Gasteiger partial charge in [0.1, 0.15) is 16.5 Å². The summed E-state index contributed by atoms with van der Waals surface area (Å²) in [7, 11) is 3.00. The Balaban J connectivity index is 2.42. The maximum atomic E-state index is 13.2. The van der Waals surface area contributed by atoms with Crippen LogP contribution in [0.3, 0.4) is 0 Å². The minimum atomic E-state index is -0.544. The normalized spacial score (nSPS) is 12.2. The maximum absolute atomic E-state index is 13.2. The number of benzene rings is 2. The van der Waals surface area contributed by atoms with Gasteiger partial charge in [-0.3, -0.25) is 14.2 Å². The molecule has 28 heavy (non-hydrogen) atoms. The average Bonchev–Trinajstić information content (AvgIpc) is 3.05. The molecule has 0 atom stereocenters. The SMILES string of the molecule is CNC(=O)/C(C#N)=c1\s/c(=C/c2ccccc2OC)c(=O)n1-c1ccccc1. The van der Waals surface area contributed by atoms with Gasteiger partial charge in [0.05, 0.1) is 17.3 Å². The van der Waals surface area contributed by atoms with Crippen LogP contribution in [-0.2, 0) is 4.79 Å². The summed E-state index contributed by atoms with van der Waals surface area (Å²) in [6.07, 6.45) is 1.70. The third kappa shape index (κ3) is 3.59. The predicted octanol–water partition coefficient (Wildman–Crippen LogP) is 1.16. The maximum Gasteiger partial charge on any atom is 0.273 e. The molecule has 0 bridgehead atoms. The lowest BCUT2D eigenvalue weighted by molar-refractivity contribution is -0.115. The molecule has 1 aromatic heterocycles. The number of rotatable bonds is 4. The van der Waals surface area contributed by atoms with Gasteiger partial charge in [0.25, 0.3) is 11.5 Å². The molecule has 1 N–H and O–H groups in total. The number of carbonyl (C=O) groups excluding carboxylic acids is 1. The average molecular weight is 391 g/mol. The van der Waals surface area contributed by atoms with E-state index >= 15 is 0 Å². The molecule has 3 rings (SSSR count). The van der Waals surface area contributed by atoms with Crippen LogP contribution in [0.5, 0.6) is 5.75 Å². The van der Waals surface area contributed by atoms with Crippen molar-refractivity contribution in [2.24, 2.45) is 0 Å². The molecule has 0 saturated heterocycles. The van der Waals surface area contributed by atoms with Gasteiger partial charge in [0.15, 0.2) is 5.57 Å². The van der Waals surface area contributed by atoms with Crippen LogP contribution >= 0.6 is 11.3 Å². The molecule has 3 aromatic rings. The number of hydrogen-bond donors (Lipinski definition) is 1. The van der Waals surface area contributed by atoms with Crippen molar-refractivity contribution in [3.05, 3.63) is 79.7 Å². The van der Waals surface area contributed by atoms with Crippen LogP contribution < -0.4 is 24.8 Å². The Morgan fingerprint density at radius 2 is 1.86 bits per heavy atom. The number of hydrogen-bond acceptors (Lipinski definition) is 5. The van der Waals surface area contributed by atoms with Gasteiger partial charge in [-0.05, 0) is 24.3 Å². The fourth-order valence-electron chi connectivity index (χ4n) is 2.71. The van der Waals surface area contributed by atoms with Crippen LogP contribution in [0.4, 0.5) is 0 Å². The summed E-state index contributed by atoms with van der Waals surface area (Å²) < 4.78 is 7.40. The summed E-state index contributed by atoms with van der Waals surface area (Å²) in [6, 6.07) is 18.2. The Morgan fingerprint density at radius 3 is 2.50 bits per heavy atom. The number of para-hydroxylation sites is 2. The molecular weight excluding hydrogens is 374 g/mol. The Morgan fingerprint density at radius 1 is 1.18 bits per heavy atom. The number of nitrogens with one attached hydrogen (secondary N) is 1. The number of methoxy groups -OCH3 is 1. The Kier molecular flexibility index (Phi) is 5.72. The van der Waals surface area contributed by atoms with Crippen molar-refractivity contribution in [1.29, 1.82) is 5.26 Å². The van der Waals surface area contributed by atoms with E-state index in [-0.39, 0.29) is 15.8 Å². The third-order valence-electron chi connectivity index (χ3n) is 4.04. The summed E-state index contributed by atoms with van der Waals surface area (Å²) in [4.78, 5) is 25.4. The van der Waals surface area contributed by atoms with Gasteiger partial charge in [-0.2, -0.15) is 5.26 Å². The lowest BCUT2D eigenvalue weighted by Gasteiger charge is -2.03. The van der Waals surface area contributed by atoms with Gasteiger partial charge in [-0.25, -0.2) is 0 Å². The van der Waals surface area contributed by atoms with Gasteiger partial charge < -0.3 is 10.1 Å². The Hall–Kier alpha value is -3.63. The minimum absolute atomic E-state index is 0.117. The molecule has 1 heterocycles. The molecule has 1 amide bonds. The largest absolute Gasteiger partial charge is 0.496 e. The van der Waals surface area contributed by atoms with E-state index in [2.05, 4.69) is 5.32 Å².